The van der Waals surface area contributed by atoms with Crippen LogP contribution < -0.4 is 5.32 Å². The molecule has 0 saturated heterocycles. The van der Waals surface area contributed by atoms with Crippen molar-refractivity contribution < 1.29 is 15.0 Å². The molecule has 1 saturated carbocycles. The number of rotatable bonds is 3. The summed E-state index contributed by atoms with van der Waals surface area (Å²) < 4.78 is 0. The number of aromatic hydroxyl groups is 1. The van der Waals surface area contributed by atoms with Gasteiger partial charge in [-0.15, -0.1) is 0 Å². The number of hydrogen-bond donors (Lipinski definition) is 3. The van der Waals surface area contributed by atoms with E-state index < -0.39 is 11.6 Å². The fraction of sp³-hybridized carbons (Fsp3) is 0.412. The van der Waals surface area contributed by atoms with Crippen molar-refractivity contribution in [3.8, 4) is 5.75 Å². The summed E-state index contributed by atoms with van der Waals surface area (Å²) in [6.45, 7) is 1.70. The number of pyridine rings is 1. The number of benzene rings is 1. The van der Waals surface area contributed by atoms with Gasteiger partial charge >= 0.3 is 0 Å². The smallest absolute Gasteiger partial charge is 0.255 e. The largest absolute Gasteiger partial charge is 0.505 e. The number of aromatic nitrogens is 1. The van der Waals surface area contributed by atoms with Crippen LogP contribution >= 0.6 is 0 Å². The number of aliphatic hydroxyl groups excluding tert-OH is 1. The van der Waals surface area contributed by atoms with Gasteiger partial charge in [-0.05, 0) is 31.9 Å². The number of nitrogens with one attached hydrogen (secondary N) is 1. The van der Waals surface area contributed by atoms with Gasteiger partial charge in [-0.1, -0.05) is 25.0 Å². The van der Waals surface area contributed by atoms with E-state index in [9.17, 15) is 15.0 Å². The zero-order chi connectivity index (χ0) is 15.7. The summed E-state index contributed by atoms with van der Waals surface area (Å²) in [5.41, 5.74) is 0.00794. The van der Waals surface area contributed by atoms with E-state index in [1.54, 1.807) is 31.3 Å². The molecule has 1 atom stereocenters. The number of carbonyl (C=O) groups excluding carboxylic acids is 1. The van der Waals surface area contributed by atoms with Crippen molar-refractivity contribution in [3.05, 3.63) is 36.0 Å². The Morgan fingerprint density at radius 2 is 2.05 bits per heavy atom. The first-order valence-electron chi connectivity index (χ1n) is 7.61. The molecule has 1 aliphatic carbocycles. The van der Waals surface area contributed by atoms with E-state index in [1.165, 1.54) is 0 Å². The van der Waals surface area contributed by atoms with Gasteiger partial charge in [-0.25, -0.2) is 0 Å². The maximum atomic E-state index is 12.6. The number of nitrogens with zero attached hydrogens (tertiary/aromatic N) is 1. The second-order valence-electron chi connectivity index (χ2n) is 6.03. The average Bonchev–Trinajstić information content (AvgIpc) is 2.97. The van der Waals surface area contributed by atoms with Crippen LogP contribution in [-0.2, 0) is 0 Å². The number of phenolic OH excluding ortho intramolecular Hbond substituents is 1. The van der Waals surface area contributed by atoms with Crippen LogP contribution in [-0.4, -0.2) is 32.7 Å². The van der Waals surface area contributed by atoms with Crippen molar-refractivity contribution in [2.75, 3.05) is 0 Å². The minimum Gasteiger partial charge on any atom is -0.505 e. The summed E-state index contributed by atoms with van der Waals surface area (Å²) in [5.74, 6) is -0.484. The molecule has 1 aliphatic rings. The van der Waals surface area contributed by atoms with Crippen molar-refractivity contribution in [1.29, 1.82) is 0 Å². The lowest BCUT2D eigenvalue weighted by Gasteiger charge is -2.33. The van der Waals surface area contributed by atoms with Gasteiger partial charge in [0.2, 0.25) is 0 Å². The number of hydrogen-bond acceptors (Lipinski definition) is 4. The number of carbonyl (C=O) groups is 1. The predicted octanol–water partition coefficient (Wildman–Crippen LogP) is 2.36. The SMILES string of the molecule is CC(O)C1(NC(=O)c2ccc3cccnc3c2O)CCCC1. The molecular weight excluding hydrogens is 280 g/mol. The lowest BCUT2D eigenvalue weighted by molar-refractivity contribution is 0.0608. The summed E-state index contributed by atoms with van der Waals surface area (Å²) in [5, 5.41) is 24.1. The van der Waals surface area contributed by atoms with Gasteiger partial charge in [0.1, 0.15) is 5.52 Å². The Morgan fingerprint density at radius 3 is 2.73 bits per heavy atom. The number of fused-ring (bicyclic) bond motifs is 1. The average molecular weight is 300 g/mol. The number of amides is 1. The van der Waals surface area contributed by atoms with Crippen molar-refractivity contribution in [2.45, 2.75) is 44.2 Å². The Morgan fingerprint density at radius 1 is 1.32 bits per heavy atom. The van der Waals surface area contributed by atoms with Crippen LogP contribution in [0.4, 0.5) is 0 Å². The third kappa shape index (κ3) is 2.41. The van der Waals surface area contributed by atoms with E-state index in [0.29, 0.717) is 5.52 Å². The molecule has 1 aromatic heterocycles. The van der Waals surface area contributed by atoms with E-state index >= 15 is 0 Å². The molecule has 22 heavy (non-hydrogen) atoms. The van der Waals surface area contributed by atoms with E-state index in [4.69, 9.17) is 0 Å². The lowest BCUT2D eigenvalue weighted by atomic mass is 9.90. The highest BCUT2D eigenvalue weighted by molar-refractivity contribution is 6.02. The topological polar surface area (TPSA) is 82.5 Å². The summed E-state index contributed by atoms with van der Waals surface area (Å²) in [6, 6.07) is 6.97. The van der Waals surface area contributed by atoms with E-state index in [2.05, 4.69) is 10.3 Å². The van der Waals surface area contributed by atoms with Crippen LogP contribution in [0.2, 0.25) is 0 Å². The van der Waals surface area contributed by atoms with Crippen LogP contribution in [0.5, 0.6) is 5.75 Å². The standard InChI is InChI=1S/C17H20N2O3/c1-11(20)17(8-2-3-9-17)19-16(22)13-7-6-12-5-4-10-18-14(12)15(13)21/h4-7,10-11,20-21H,2-3,8-9H2,1H3,(H,19,22). The maximum Gasteiger partial charge on any atom is 0.255 e. The molecule has 5 nitrogen and oxygen atoms in total. The summed E-state index contributed by atoms with van der Waals surface area (Å²) in [6.07, 6.45) is 4.43. The van der Waals surface area contributed by atoms with Gasteiger partial charge < -0.3 is 15.5 Å². The van der Waals surface area contributed by atoms with Gasteiger partial charge in [-0.2, -0.15) is 0 Å². The highest BCUT2D eigenvalue weighted by Crippen LogP contribution is 2.34. The minimum absolute atomic E-state index is 0.116. The minimum atomic E-state index is -0.625. The zero-order valence-corrected chi connectivity index (χ0v) is 12.5. The Balaban J connectivity index is 1.94. The molecule has 1 fully saturated rings. The van der Waals surface area contributed by atoms with E-state index in [-0.39, 0.29) is 17.2 Å². The van der Waals surface area contributed by atoms with Crippen molar-refractivity contribution in [2.24, 2.45) is 0 Å². The van der Waals surface area contributed by atoms with Crippen LogP contribution in [0.15, 0.2) is 30.5 Å². The molecular formula is C17H20N2O3. The molecule has 0 radical (unpaired) electrons. The first-order chi connectivity index (χ1) is 10.5. The third-order valence-electron chi connectivity index (χ3n) is 4.65. The maximum absolute atomic E-state index is 12.6. The first kappa shape index (κ1) is 14.8. The van der Waals surface area contributed by atoms with Crippen molar-refractivity contribution >= 4 is 16.8 Å². The van der Waals surface area contributed by atoms with Crippen LogP contribution in [0.3, 0.4) is 0 Å². The molecule has 1 unspecified atom stereocenters. The fourth-order valence-electron chi connectivity index (χ4n) is 3.26. The second-order valence-corrected chi connectivity index (χ2v) is 6.03. The van der Waals surface area contributed by atoms with Gasteiger partial charge in [0.15, 0.2) is 5.75 Å². The van der Waals surface area contributed by atoms with Crippen molar-refractivity contribution in [3.63, 3.8) is 0 Å². The monoisotopic (exact) mass is 300 g/mol. The van der Waals surface area contributed by atoms with Crippen molar-refractivity contribution in [1.82, 2.24) is 10.3 Å². The molecule has 116 valence electrons. The molecule has 1 heterocycles. The van der Waals surface area contributed by atoms with Gasteiger partial charge in [0.05, 0.1) is 17.2 Å². The van der Waals surface area contributed by atoms with E-state index in [1.807, 2.05) is 6.07 Å². The highest BCUT2D eigenvalue weighted by Gasteiger charge is 2.40. The number of phenols is 1. The molecule has 5 heteroatoms. The molecule has 2 aromatic rings. The van der Waals surface area contributed by atoms with Crippen LogP contribution in [0.1, 0.15) is 43.0 Å². The summed E-state index contributed by atoms with van der Waals surface area (Å²) >= 11 is 0. The third-order valence-corrected chi connectivity index (χ3v) is 4.65. The molecule has 3 rings (SSSR count). The predicted molar refractivity (Wildman–Crippen MR) is 83.8 cm³/mol. The van der Waals surface area contributed by atoms with Gasteiger partial charge in [0.25, 0.3) is 5.91 Å². The second kappa shape index (κ2) is 5.57. The Bertz CT molecular complexity index is 706. The molecule has 0 bridgehead atoms. The first-order valence-corrected chi connectivity index (χ1v) is 7.61. The molecule has 1 aromatic carbocycles. The highest BCUT2D eigenvalue weighted by atomic mass is 16.3. The van der Waals surface area contributed by atoms with Gasteiger partial charge in [-0.3, -0.25) is 9.78 Å². The fourth-order valence-corrected chi connectivity index (χ4v) is 3.26. The molecule has 0 aliphatic heterocycles. The molecule has 1 amide bonds. The Kier molecular flexibility index (Phi) is 3.74. The Labute approximate surface area is 129 Å². The summed E-state index contributed by atoms with van der Waals surface area (Å²) in [4.78, 5) is 16.7. The normalized spacial score (nSPS) is 18.3. The number of aliphatic hydroxyl groups is 1. The summed E-state index contributed by atoms with van der Waals surface area (Å²) in [7, 11) is 0. The molecule has 0 spiro atoms. The van der Waals surface area contributed by atoms with Gasteiger partial charge in [0, 0.05) is 11.6 Å². The zero-order valence-electron chi connectivity index (χ0n) is 12.5. The van der Waals surface area contributed by atoms with E-state index in [0.717, 1.165) is 31.1 Å². The van der Waals surface area contributed by atoms with Crippen LogP contribution in [0.25, 0.3) is 10.9 Å². The lowest BCUT2D eigenvalue weighted by Crippen LogP contribution is -2.53. The van der Waals surface area contributed by atoms with Crippen LogP contribution in [0, 0.1) is 0 Å². The quantitative estimate of drug-likeness (QED) is 0.812. The molecule has 3 N–H and O–H groups in total. The Hall–Kier alpha value is -2.14.